The molecule has 0 amide bonds. The summed E-state index contributed by atoms with van der Waals surface area (Å²) in [5, 5.41) is 19.2. The molecule has 2 N–H and O–H groups in total. The summed E-state index contributed by atoms with van der Waals surface area (Å²) in [5.41, 5.74) is 0.623. The lowest BCUT2D eigenvalue weighted by molar-refractivity contribution is 0.0333. The molecule has 1 aromatic carbocycles. The Hall–Kier alpha value is -0.230. The van der Waals surface area contributed by atoms with E-state index in [1.165, 1.54) is 0 Å². The summed E-state index contributed by atoms with van der Waals surface area (Å²) in [7, 11) is 1.57. The molecule has 0 fully saturated rings. The molecule has 0 bridgehead atoms. The minimum absolute atomic E-state index is 0.208. The highest BCUT2D eigenvalue weighted by Gasteiger charge is 2.19. The average Bonchev–Trinajstić information content (AvgIpc) is 2.26. The lowest BCUT2D eigenvalue weighted by Crippen LogP contribution is -2.20. The third kappa shape index (κ3) is 3.11. The number of aliphatic hydroxyl groups is 2. The van der Waals surface area contributed by atoms with Gasteiger partial charge in [0.15, 0.2) is 0 Å². The van der Waals surface area contributed by atoms with Gasteiger partial charge in [-0.2, -0.15) is 12.6 Å². The Kier molecular flexibility index (Phi) is 4.92. The van der Waals surface area contributed by atoms with Gasteiger partial charge in [0.2, 0.25) is 0 Å². The zero-order valence-corrected chi connectivity index (χ0v) is 10.7. The second kappa shape index (κ2) is 5.75. The van der Waals surface area contributed by atoms with Gasteiger partial charge in [0.1, 0.15) is 11.9 Å². The number of rotatable bonds is 4. The summed E-state index contributed by atoms with van der Waals surface area (Å²) >= 11 is 7.24. The van der Waals surface area contributed by atoms with Gasteiger partial charge in [-0.3, -0.25) is 0 Å². The van der Waals surface area contributed by atoms with E-state index in [4.69, 9.17) is 4.74 Å². The average molecular weight is 293 g/mol. The van der Waals surface area contributed by atoms with Crippen molar-refractivity contribution < 1.29 is 14.9 Å². The standard InChI is InChI=1S/C10H13BrO3S/c1-14-6-2-3-7(8(11)4-6)10(13)9(12)5-15/h2-4,9-10,12-13,15H,5H2,1H3. The smallest absolute Gasteiger partial charge is 0.120 e. The SMILES string of the molecule is COc1ccc(C(O)C(O)CS)c(Br)c1. The molecule has 0 saturated heterocycles. The highest BCUT2D eigenvalue weighted by Crippen LogP contribution is 2.29. The van der Waals surface area contributed by atoms with Crippen molar-refractivity contribution in [3.8, 4) is 5.75 Å². The van der Waals surface area contributed by atoms with Crippen LogP contribution in [0.2, 0.25) is 0 Å². The molecule has 0 heterocycles. The van der Waals surface area contributed by atoms with Crippen LogP contribution in [0.1, 0.15) is 11.7 Å². The monoisotopic (exact) mass is 292 g/mol. The largest absolute Gasteiger partial charge is 0.497 e. The van der Waals surface area contributed by atoms with E-state index in [2.05, 4.69) is 28.6 Å². The van der Waals surface area contributed by atoms with Crippen molar-refractivity contribution in [2.45, 2.75) is 12.2 Å². The van der Waals surface area contributed by atoms with Crippen LogP contribution in [0.3, 0.4) is 0 Å². The molecule has 2 unspecified atom stereocenters. The van der Waals surface area contributed by atoms with E-state index in [0.29, 0.717) is 15.8 Å². The van der Waals surface area contributed by atoms with Crippen LogP contribution < -0.4 is 4.74 Å². The molecule has 1 rings (SSSR count). The van der Waals surface area contributed by atoms with Gasteiger partial charge in [-0.1, -0.05) is 22.0 Å². The molecule has 0 aliphatic rings. The molecule has 0 spiro atoms. The molecule has 84 valence electrons. The minimum Gasteiger partial charge on any atom is -0.497 e. The number of aliphatic hydroxyl groups excluding tert-OH is 2. The third-order valence-electron chi connectivity index (χ3n) is 2.08. The normalized spacial score (nSPS) is 14.7. The van der Waals surface area contributed by atoms with E-state index in [-0.39, 0.29) is 5.75 Å². The van der Waals surface area contributed by atoms with Gasteiger partial charge in [-0.25, -0.2) is 0 Å². The predicted octanol–water partition coefficient (Wildman–Crippen LogP) is 1.78. The molecule has 0 saturated carbocycles. The fraction of sp³-hybridized carbons (Fsp3) is 0.400. The first kappa shape index (κ1) is 12.8. The van der Waals surface area contributed by atoms with Crippen molar-refractivity contribution in [2.75, 3.05) is 12.9 Å². The first-order valence-electron chi connectivity index (χ1n) is 4.40. The maximum absolute atomic E-state index is 9.76. The Morgan fingerprint density at radius 2 is 2.13 bits per heavy atom. The van der Waals surface area contributed by atoms with Crippen molar-refractivity contribution in [1.29, 1.82) is 0 Å². The van der Waals surface area contributed by atoms with Crippen molar-refractivity contribution in [2.24, 2.45) is 0 Å². The molecule has 0 aliphatic heterocycles. The van der Waals surface area contributed by atoms with Crippen LogP contribution in [0.25, 0.3) is 0 Å². The Labute approximate surface area is 103 Å². The minimum atomic E-state index is -0.942. The molecule has 5 heteroatoms. The fourth-order valence-electron chi connectivity index (χ4n) is 1.18. The first-order chi connectivity index (χ1) is 7.10. The number of halogens is 1. The van der Waals surface area contributed by atoms with Crippen LogP contribution in [0.15, 0.2) is 22.7 Å². The zero-order valence-electron chi connectivity index (χ0n) is 8.22. The second-order valence-corrected chi connectivity index (χ2v) is 4.30. The van der Waals surface area contributed by atoms with Crippen molar-refractivity contribution >= 4 is 28.6 Å². The van der Waals surface area contributed by atoms with E-state index < -0.39 is 12.2 Å². The molecule has 0 aromatic heterocycles. The summed E-state index contributed by atoms with van der Waals surface area (Å²) in [6.07, 6.45) is -1.82. The first-order valence-corrected chi connectivity index (χ1v) is 5.83. The number of hydrogen-bond acceptors (Lipinski definition) is 4. The number of hydrogen-bond donors (Lipinski definition) is 3. The Morgan fingerprint density at radius 3 is 2.60 bits per heavy atom. The molecular weight excluding hydrogens is 280 g/mol. The molecule has 0 radical (unpaired) electrons. The van der Waals surface area contributed by atoms with Crippen LogP contribution in [-0.4, -0.2) is 29.2 Å². The van der Waals surface area contributed by atoms with Crippen LogP contribution in [0.5, 0.6) is 5.75 Å². The van der Waals surface area contributed by atoms with Crippen molar-refractivity contribution in [3.63, 3.8) is 0 Å². The van der Waals surface area contributed by atoms with Crippen molar-refractivity contribution in [1.82, 2.24) is 0 Å². The summed E-state index contributed by atoms with van der Waals surface area (Å²) in [5.74, 6) is 0.901. The molecule has 15 heavy (non-hydrogen) atoms. The van der Waals surface area contributed by atoms with Gasteiger partial charge in [0, 0.05) is 10.2 Å². The number of benzene rings is 1. The predicted molar refractivity (Wildman–Crippen MR) is 65.5 cm³/mol. The number of thiol groups is 1. The number of ether oxygens (including phenoxy) is 1. The highest BCUT2D eigenvalue weighted by atomic mass is 79.9. The molecule has 1 aromatic rings. The maximum atomic E-state index is 9.76. The summed E-state index contributed by atoms with van der Waals surface area (Å²) in [4.78, 5) is 0. The topological polar surface area (TPSA) is 49.7 Å². The molecule has 3 nitrogen and oxygen atoms in total. The fourth-order valence-corrected chi connectivity index (χ4v) is 1.97. The third-order valence-corrected chi connectivity index (χ3v) is 3.14. The van der Waals surface area contributed by atoms with Gasteiger partial charge in [0.05, 0.1) is 13.2 Å². The summed E-state index contributed by atoms with van der Waals surface area (Å²) < 4.78 is 5.73. The van der Waals surface area contributed by atoms with Gasteiger partial charge < -0.3 is 14.9 Å². The van der Waals surface area contributed by atoms with E-state index in [0.717, 1.165) is 0 Å². The van der Waals surface area contributed by atoms with Crippen LogP contribution in [0.4, 0.5) is 0 Å². The van der Waals surface area contributed by atoms with E-state index in [9.17, 15) is 10.2 Å². The molecular formula is C10H13BrO3S. The summed E-state index contributed by atoms with van der Waals surface area (Å²) in [6, 6.07) is 5.18. The van der Waals surface area contributed by atoms with Crippen molar-refractivity contribution in [3.05, 3.63) is 28.2 Å². The van der Waals surface area contributed by atoms with Crippen LogP contribution in [0, 0.1) is 0 Å². The zero-order chi connectivity index (χ0) is 11.4. The lowest BCUT2D eigenvalue weighted by Gasteiger charge is -2.17. The highest BCUT2D eigenvalue weighted by molar-refractivity contribution is 9.10. The number of methoxy groups -OCH3 is 1. The van der Waals surface area contributed by atoms with E-state index in [1.807, 2.05) is 0 Å². The van der Waals surface area contributed by atoms with Gasteiger partial charge in [-0.15, -0.1) is 0 Å². The quantitative estimate of drug-likeness (QED) is 0.742. The molecule has 0 aliphatic carbocycles. The van der Waals surface area contributed by atoms with Gasteiger partial charge in [-0.05, 0) is 17.7 Å². The Balaban J connectivity index is 2.95. The maximum Gasteiger partial charge on any atom is 0.120 e. The molecule has 2 atom stereocenters. The summed E-state index contributed by atoms with van der Waals surface area (Å²) in [6.45, 7) is 0. The van der Waals surface area contributed by atoms with Crippen LogP contribution >= 0.6 is 28.6 Å². The van der Waals surface area contributed by atoms with Crippen LogP contribution in [-0.2, 0) is 0 Å². The Bertz CT molecular complexity index is 332. The van der Waals surface area contributed by atoms with Gasteiger partial charge in [0.25, 0.3) is 0 Å². The lowest BCUT2D eigenvalue weighted by atomic mass is 10.1. The van der Waals surface area contributed by atoms with E-state index in [1.54, 1.807) is 25.3 Å². The van der Waals surface area contributed by atoms with Gasteiger partial charge >= 0.3 is 0 Å². The van der Waals surface area contributed by atoms with E-state index >= 15 is 0 Å². The Morgan fingerprint density at radius 1 is 1.47 bits per heavy atom. The second-order valence-electron chi connectivity index (χ2n) is 3.08.